The van der Waals surface area contributed by atoms with Crippen LogP contribution in [0.1, 0.15) is 0 Å². The summed E-state index contributed by atoms with van der Waals surface area (Å²) in [5, 5.41) is 41.6. The van der Waals surface area contributed by atoms with Crippen molar-refractivity contribution in [2.24, 2.45) is 0 Å². The molecule has 0 bridgehead atoms. The Bertz CT molecular complexity index is 327. The molecular formula is C10H20CoN4O8. The van der Waals surface area contributed by atoms with Crippen LogP contribution < -0.4 is 32.7 Å². The van der Waals surface area contributed by atoms with E-state index < -0.39 is 50.1 Å². The van der Waals surface area contributed by atoms with Gasteiger partial charge in [-0.3, -0.25) is 9.80 Å². The molecular weight excluding hydrogens is 363 g/mol. The molecule has 12 nitrogen and oxygen atoms in total. The van der Waals surface area contributed by atoms with Crippen LogP contribution in [0.25, 0.3) is 0 Å². The van der Waals surface area contributed by atoms with E-state index in [9.17, 15) is 39.6 Å². The van der Waals surface area contributed by atoms with Gasteiger partial charge >= 0.3 is 16.8 Å². The summed E-state index contributed by atoms with van der Waals surface area (Å²) in [5.74, 6) is -6.12. The molecule has 0 aromatic heterocycles. The number of carboxylic acid groups (broad SMARTS) is 4. The Labute approximate surface area is 142 Å². The van der Waals surface area contributed by atoms with Crippen LogP contribution in [0.3, 0.4) is 0 Å². The van der Waals surface area contributed by atoms with E-state index in [4.69, 9.17) is 0 Å². The maximum absolute atomic E-state index is 10.4. The summed E-state index contributed by atoms with van der Waals surface area (Å²) in [5.41, 5.74) is 0. The predicted molar refractivity (Wildman–Crippen MR) is 64.9 cm³/mol. The zero-order valence-electron chi connectivity index (χ0n) is 12.7. The van der Waals surface area contributed by atoms with Gasteiger partial charge in [-0.05, 0) is 0 Å². The van der Waals surface area contributed by atoms with E-state index in [1.807, 2.05) is 0 Å². The quantitative estimate of drug-likeness (QED) is 0.341. The van der Waals surface area contributed by atoms with Gasteiger partial charge < -0.3 is 51.9 Å². The third kappa shape index (κ3) is 18.2. The first-order valence-corrected chi connectivity index (χ1v) is 5.44. The molecule has 0 atom stereocenters. The molecule has 0 aliphatic heterocycles. The second kappa shape index (κ2) is 15.1. The van der Waals surface area contributed by atoms with Crippen molar-refractivity contribution in [1.29, 1.82) is 0 Å². The number of carbonyl (C=O) groups is 4. The molecule has 0 spiro atoms. The molecule has 0 heterocycles. The minimum absolute atomic E-state index is 0. The van der Waals surface area contributed by atoms with Crippen LogP contribution in [0.2, 0.25) is 0 Å². The monoisotopic (exact) mass is 383 g/mol. The Morgan fingerprint density at radius 3 is 0.870 bits per heavy atom. The van der Waals surface area contributed by atoms with Gasteiger partial charge in [0.1, 0.15) is 0 Å². The Morgan fingerprint density at radius 2 is 0.739 bits per heavy atom. The summed E-state index contributed by atoms with van der Waals surface area (Å²) in [4.78, 5) is 43.4. The van der Waals surface area contributed by atoms with Gasteiger partial charge in [-0.2, -0.15) is 0 Å². The third-order valence-corrected chi connectivity index (χ3v) is 2.14. The Morgan fingerprint density at radius 1 is 0.565 bits per heavy atom. The Kier molecular flexibility index (Phi) is 19.3. The van der Waals surface area contributed by atoms with Gasteiger partial charge in [-0.1, -0.05) is 0 Å². The fraction of sp³-hybridized carbons (Fsp3) is 0.600. The second-order valence-electron chi connectivity index (χ2n) is 3.91. The third-order valence-electron chi connectivity index (χ3n) is 2.14. The van der Waals surface area contributed by atoms with E-state index in [1.54, 1.807) is 0 Å². The molecule has 0 fully saturated rings. The number of carbonyl (C=O) groups excluding carboxylic acids is 4. The summed E-state index contributed by atoms with van der Waals surface area (Å²) in [7, 11) is 0. The molecule has 0 saturated carbocycles. The van der Waals surface area contributed by atoms with Crippen LogP contribution >= 0.6 is 0 Å². The molecule has 0 saturated heterocycles. The molecule has 8 N–H and O–H groups in total. The van der Waals surface area contributed by atoms with Gasteiger partial charge in [0, 0.05) is 39.3 Å². The van der Waals surface area contributed by atoms with Crippen molar-refractivity contribution >= 4 is 23.9 Å². The number of rotatable bonds is 11. The molecule has 0 aromatic rings. The first kappa shape index (κ1) is 29.3. The van der Waals surface area contributed by atoms with Gasteiger partial charge in [0.05, 0.1) is 23.9 Å². The molecule has 23 heavy (non-hydrogen) atoms. The fourth-order valence-corrected chi connectivity index (χ4v) is 1.44. The molecule has 0 aliphatic carbocycles. The average molecular weight is 383 g/mol. The van der Waals surface area contributed by atoms with Gasteiger partial charge in [-0.25, -0.2) is 0 Å². The molecule has 137 valence electrons. The average Bonchev–Trinajstić information content (AvgIpc) is 2.22. The minimum atomic E-state index is -1.53. The number of aliphatic carboxylic acids is 4. The zero-order valence-corrected chi connectivity index (χ0v) is 13.8. The second-order valence-corrected chi connectivity index (χ2v) is 3.91. The van der Waals surface area contributed by atoms with Crippen LogP contribution in [0, 0.1) is 0 Å². The van der Waals surface area contributed by atoms with Crippen molar-refractivity contribution in [2.75, 3.05) is 39.3 Å². The van der Waals surface area contributed by atoms with Crippen molar-refractivity contribution in [3.05, 3.63) is 0 Å². The number of hydrogen-bond donors (Lipinski definition) is 2. The number of quaternary nitrogens is 2. The number of hydrogen-bond acceptors (Lipinski definition) is 10. The Hall–Kier alpha value is -1.77. The van der Waals surface area contributed by atoms with Crippen LogP contribution in [-0.4, -0.2) is 72.9 Å². The summed E-state index contributed by atoms with van der Waals surface area (Å²) >= 11 is 0. The molecule has 0 amide bonds. The zero-order chi connectivity index (χ0) is 15.7. The van der Waals surface area contributed by atoms with Crippen molar-refractivity contribution in [2.45, 2.75) is 0 Å². The first-order valence-electron chi connectivity index (χ1n) is 5.44. The molecule has 0 aromatic carbocycles. The summed E-state index contributed by atoms with van der Waals surface area (Å²) < 4.78 is 0. The molecule has 0 aliphatic rings. The van der Waals surface area contributed by atoms with Gasteiger partial charge in [0.2, 0.25) is 0 Å². The number of nitrogens with zero attached hydrogens (tertiary/aromatic N) is 2. The van der Waals surface area contributed by atoms with Crippen LogP contribution in [0.15, 0.2) is 0 Å². The first-order chi connectivity index (χ1) is 9.20. The standard InChI is InChI=1S/C10H16N2O8.Co.2H3N/c13-7(14)3-11(4-8(15)16)1-2-12(5-9(17)18)6-10(19)20;;;/h1-6H2,(H,13,14)(H,15,16)(H,17,18)(H,19,20);;2*1H3/q;+2;;/p-2. The Balaban J connectivity index is -0.000000602. The molecule has 13 heteroatoms. The van der Waals surface area contributed by atoms with E-state index in [0.717, 1.165) is 9.80 Å². The van der Waals surface area contributed by atoms with Crippen molar-refractivity contribution < 1.29 is 56.4 Å². The van der Waals surface area contributed by atoms with Gasteiger partial charge in [-0.15, -0.1) is 0 Å². The van der Waals surface area contributed by atoms with E-state index in [-0.39, 0.29) is 42.2 Å². The maximum atomic E-state index is 10.4. The van der Waals surface area contributed by atoms with E-state index in [2.05, 4.69) is 0 Å². The van der Waals surface area contributed by atoms with Crippen LogP contribution in [0.5, 0.6) is 0 Å². The smallest absolute Gasteiger partial charge is 0.549 e. The maximum Gasteiger partial charge on any atom is 2.00 e. The summed E-state index contributed by atoms with van der Waals surface area (Å²) in [6.07, 6.45) is 0. The van der Waals surface area contributed by atoms with E-state index in [0.29, 0.717) is 0 Å². The minimum Gasteiger partial charge on any atom is -0.549 e. The summed E-state index contributed by atoms with van der Waals surface area (Å²) in [6.45, 7) is -3.25. The predicted octanol–water partition coefficient (Wildman–Crippen LogP) is -6.66. The van der Waals surface area contributed by atoms with E-state index >= 15 is 0 Å². The fourth-order valence-electron chi connectivity index (χ4n) is 1.44. The topological polar surface area (TPSA) is 240 Å². The van der Waals surface area contributed by atoms with Crippen molar-refractivity contribution in [1.82, 2.24) is 22.1 Å². The summed E-state index contributed by atoms with van der Waals surface area (Å²) in [6, 6.07) is 0. The normalized spacial score (nSPS) is 9.30. The largest absolute Gasteiger partial charge is 2.00 e. The number of carboxylic acids is 4. The van der Waals surface area contributed by atoms with Gasteiger partial charge in [0.15, 0.2) is 0 Å². The molecule has 0 rings (SSSR count). The molecule has 0 unspecified atom stereocenters. The van der Waals surface area contributed by atoms with E-state index in [1.165, 1.54) is 0 Å². The van der Waals surface area contributed by atoms with Crippen molar-refractivity contribution in [3.63, 3.8) is 0 Å². The SMILES string of the molecule is O=C([O-])CN(CCN(CC(=O)[O-])CC(=O)[O-])CC(=O)[O-].[Co+2].[NH4+].[NH4+]. The van der Waals surface area contributed by atoms with Gasteiger partial charge in [0.25, 0.3) is 0 Å². The van der Waals surface area contributed by atoms with Crippen LogP contribution in [0.4, 0.5) is 0 Å². The van der Waals surface area contributed by atoms with Crippen molar-refractivity contribution in [3.8, 4) is 0 Å². The van der Waals surface area contributed by atoms with Crippen LogP contribution in [-0.2, 0) is 36.0 Å². The molecule has 1 radical (unpaired) electrons.